The van der Waals surface area contributed by atoms with Crippen molar-refractivity contribution in [2.75, 3.05) is 19.6 Å². The molecule has 0 saturated carbocycles. The fourth-order valence-electron chi connectivity index (χ4n) is 4.82. The number of aryl methyl sites for hydroxylation is 1. The van der Waals surface area contributed by atoms with Gasteiger partial charge in [-0.25, -0.2) is 0 Å². The summed E-state index contributed by atoms with van der Waals surface area (Å²) in [6.45, 7) is 5.71. The number of nitrogens with zero attached hydrogens (tertiary/aromatic N) is 2. The minimum Gasteiger partial charge on any atom is -0.457 e. The number of rotatable bonds is 6. The molecule has 2 atom stereocenters. The van der Waals surface area contributed by atoms with Crippen molar-refractivity contribution >= 4 is 5.69 Å². The second-order valence-corrected chi connectivity index (χ2v) is 8.28. The molecule has 3 aromatic carbocycles. The Balaban J connectivity index is 1.18. The third-order valence-corrected chi connectivity index (χ3v) is 6.43. The Morgan fingerprint density at radius 2 is 1.62 bits per heavy atom. The van der Waals surface area contributed by atoms with Crippen LogP contribution in [0.2, 0.25) is 0 Å². The lowest BCUT2D eigenvalue weighted by atomic mass is 10.1. The highest BCUT2D eigenvalue weighted by atomic mass is 16.5. The summed E-state index contributed by atoms with van der Waals surface area (Å²) in [4.78, 5) is 5.28. The van der Waals surface area contributed by atoms with Crippen LogP contribution >= 0.6 is 0 Å². The van der Waals surface area contributed by atoms with Gasteiger partial charge < -0.3 is 4.74 Å². The average Bonchev–Trinajstić information content (AvgIpc) is 3.35. The quantitative estimate of drug-likeness (QED) is 0.540. The predicted molar refractivity (Wildman–Crippen MR) is 118 cm³/mol. The SMILES string of the molecule is Cc1ccccc1CCN1CC2CC1C[N+]2c1ccc(Oc2ccccc2)cc1. The Bertz CT molecular complexity index is 954. The van der Waals surface area contributed by atoms with Gasteiger partial charge in [-0.2, -0.15) is 0 Å². The normalized spacial score (nSPS) is 21.6. The van der Waals surface area contributed by atoms with Gasteiger partial charge in [-0.3, -0.25) is 4.90 Å². The van der Waals surface area contributed by atoms with Crippen LogP contribution in [-0.2, 0) is 6.42 Å². The number of benzene rings is 3. The average molecular weight is 385 g/mol. The number of ether oxygens (including phenoxy) is 1. The Morgan fingerprint density at radius 3 is 2.34 bits per heavy atom. The topological polar surface area (TPSA) is 18.4 Å². The first-order chi connectivity index (χ1) is 14.3. The van der Waals surface area contributed by atoms with E-state index >= 15 is 0 Å². The van der Waals surface area contributed by atoms with Gasteiger partial charge in [0.25, 0.3) is 0 Å². The minimum absolute atomic E-state index is 0.637. The fourth-order valence-corrected chi connectivity index (χ4v) is 4.82. The van der Waals surface area contributed by atoms with Crippen molar-refractivity contribution in [3.63, 3.8) is 0 Å². The smallest absolute Gasteiger partial charge is 0.181 e. The van der Waals surface area contributed by atoms with Gasteiger partial charge >= 0.3 is 0 Å². The molecule has 147 valence electrons. The van der Waals surface area contributed by atoms with Crippen LogP contribution in [0.25, 0.3) is 0 Å². The van der Waals surface area contributed by atoms with Crippen LogP contribution in [0.3, 0.4) is 0 Å². The first-order valence-electron chi connectivity index (χ1n) is 10.6. The van der Waals surface area contributed by atoms with Crippen LogP contribution < -0.4 is 9.64 Å². The summed E-state index contributed by atoms with van der Waals surface area (Å²) < 4.78 is 5.93. The molecule has 2 unspecified atom stereocenters. The standard InChI is InChI=1S/C26H28N2O/c1-20-7-5-6-8-21(20)15-16-27-18-24-17-23(27)19-28(24)22-11-13-26(14-12-22)29-25-9-3-2-4-10-25/h2-14,23-24H,15-19H2,1H3/q+1. The maximum atomic E-state index is 5.93. The zero-order chi connectivity index (χ0) is 19.6. The molecule has 2 heterocycles. The van der Waals surface area contributed by atoms with Gasteiger partial charge in [-0.05, 0) is 48.7 Å². The monoisotopic (exact) mass is 384 g/mol. The van der Waals surface area contributed by atoms with E-state index in [2.05, 4.69) is 65.3 Å². The lowest BCUT2D eigenvalue weighted by Gasteiger charge is -2.27. The first kappa shape index (κ1) is 18.4. The highest BCUT2D eigenvalue weighted by Gasteiger charge is 2.51. The number of anilines is 1. The summed E-state index contributed by atoms with van der Waals surface area (Å²) in [7, 11) is 0. The number of likely N-dealkylation sites (tertiary alicyclic amines) is 1. The molecule has 1 radical (unpaired) electrons. The van der Waals surface area contributed by atoms with E-state index in [4.69, 9.17) is 4.74 Å². The first-order valence-corrected chi connectivity index (χ1v) is 10.6. The van der Waals surface area contributed by atoms with Gasteiger partial charge in [0.1, 0.15) is 18.0 Å². The number of piperazine rings is 1. The van der Waals surface area contributed by atoms with Gasteiger partial charge in [0, 0.05) is 25.1 Å². The van der Waals surface area contributed by atoms with Gasteiger partial charge in [0.05, 0.1) is 12.6 Å². The second-order valence-electron chi connectivity index (χ2n) is 8.28. The minimum atomic E-state index is 0.637. The largest absolute Gasteiger partial charge is 0.457 e. The Kier molecular flexibility index (Phi) is 5.09. The van der Waals surface area contributed by atoms with Crippen molar-refractivity contribution < 1.29 is 4.74 Å². The molecule has 0 N–H and O–H groups in total. The van der Waals surface area contributed by atoms with Crippen LogP contribution in [-0.4, -0.2) is 36.6 Å². The summed E-state index contributed by atoms with van der Waals surface area (Å²) >= 11 is 0. The summed E-state index contributed by atoms with van der Waals surface area (Å²) in [5, 5.41) is 0. The number of fused-ring (bicyclic) bond motifs is 2. The molecule has 29 heavy (non-hydrogen) atoms. The molecule has 0 aromatic heterocycles. The molecular formula is C26H28N2O+. The summed E-state index contributed by atoms with van der Waals surface area (Å²) in [5.74, 6) is 1.77. The molecule has 0 amide bonds. The van der Waals surface area contributed by atoms with E-state index in [0.717, 1.165) is 24.5 Å². The lowest BCUT2D eigenvalue weighted by molar-refractivity contribution is 0.206. The van der Waals surface area contributed by atoms with E-state index in [-0.39, 0.29) is 0 Å². The van der Waals surface area contributed by atoms with Crippen molar-refractivity contribution in [3.05, 3.63) is 90.0 Å². The molecule has 3 nitrogen and oxygen atoms in total. The van der Waals surface area contributed by atoms with E-state index < -0.39 is 0 Å². The predicted octanol–water partition coefficient (Wildman–Crippen LogP) is 5.26. The number of hydrogen-bond donors (Lipinski definition) is 0. The Hall–Kier alpha value is -2.62. The van der Waals surface area contributed by atoms with Gasteiger partial charge in [0.2, 0.25) is 0 Å². The number of hydrogen-bond acceptors (Lipinski definition) is 3. The van der Waals surface area contributed by atoms with Crippen molar-refractivity contribution in [3.8, 4) is 11.5 Å². The second kappa shape index (κ2) is 8.02. The highest BCUT2D eigenvalue weighted by molar-refractivity contribution is 5.46. The molecule has 2 bridgehead atoms. The summed E-state index contributed by atoms with van der Waals surface area (Å²) in [6, 6.07) is 28.7. The van der Waals surface area contributed by atoms with Crippen molar-refractivity contribution in [2.45, 2.75) is 31.8 Å². The highest BCUT2D eigenvalue weighted by Crippen LogP contribution is 2.35. The van der Waals surface area contributed by atoms with Crippen LogP contribution in [0, 0.1) is 6.92 Å². The molecule has 2 aliphatic rings. The molecule has 2 fully saturated rings. The van der Waals surface area contributed by atoms with Crippen LogP contribution in [0.4, 0.5) is 5.69 Å². The van der Waals surface area contributed by atoms with Crippen molar-refractivity contribution in [2.24, 2.45) is 0 Å². The zero-order valence-corrected chi connectivity index (χ0v) is 17.0. The fraction of sp³-hybridized carbons (Fsp3) is 0.308. The lowest BCUT2D eigenvalue weighted by Crippen LogP contribution is -2.47. The summed E-state index contributed by atoms with van der Waals surface area (Å²) in [6.07, 6.45) is 2.44. The molecular weight excluding hydrogens is 356 g/mol. The van der Waals surface area contributed by atoms with E-state index in [1.165, 1.54) is 36.3 Å². The number of para-hydroxylation sites is 1. The third kappa shape index (κ3) is 3.93. The van der Waals surface area contributed by atoms with Crippen molar-refractivity contribution in [1.82, 2.24) is 9.80 Å². The molecule has 0 spiro atoms. The third-order valence-electron chi connectivity index (χ3n) is 6.43. The molecule has 0 aliphatic carbocycles. The van der Waals surface area contributed by atoms with E-state index in [1.54, 1.807) is 0 Å². The van der Waals surface area contributed by atoms with Crippen LogP contribution in [0.1, 0.15) is 17.5 Å². The maximum absolute atomic E-state index is 5.93. The molecule has 2 aliphatic heterocycles. The van der Waals surface area contributed by atoms with Crippen LogP contribution in [0.5, 0.6) is 11.5 Å². The zero-order valence-electron chi connectivity index (χ0n) is 17.0. The maximum Gasteiger partial charge on any atom is 0.181 e. The van der Waals surface area contributed by atoms with Gasteiger partial charge in [-0.1, -0.05) is 42.5 Å². The van der Waals surface area contributed by atoms with Crippen LogP contribution in [0.15, 0.2) is 78.9 Å². The molecule has 3 aromatic rings. The Morgan fingerprint density at radius 1 is 0.897 bits per heavy atom. The molecule has 3 heteroatoms. The van der Waals surface area contributed by atoms with E-state index in [9.17, 15) is 0 Å². The van der Waals surface area contributed by atoms with Gasteiger partial charge in [0.15, 0.2) is 11.7 Å². The van der Waals surface area contributed by atoms with E-state index in [0.29, 0.717) is 12.1 Å². The summed E-state index contributed by atoms with van der Waals surface area (Å²) in [5.41, 5.74) is 4.22. The Labute approximate surface area is 173 Å². The molecule has 5 rings (SSSR count). The molecule has 2 saturated heterocycles. The van der Waals surface area contributed by atoms with Gasteiger partial charge in [-0.15, -0.1) is 4.90 Å². The van der Waals surface area contributed by atoms with Crippen molar-refractivity contribution in [1.29, 1.82) is 0 Å². The van der Waals surface area contributed by atoms with E-state index in [1.807, 2.05) is 30.3 Å².